The number of carbonyl (C=O) groups excluding carboxylic acids is 1. The molecular formula is C18H18BrNO4. The van der Waals surface area contributed by atoms with Gasteiger partial charge in [-0.25, -0.2) is 0 Å². The summed E-state index contributed by atoms with van der Waals surface area (Å²) in [6.45, 7) is 3.11. The van der Waals surface area contributed by atoms with E-state index in [-0.39, 0.29) is 5.91 Å². The lowest BCUT2D eigenvalue weighted by Gasteiger charge is -2.14. The number of rotatable bonds is 3. The van der Waals surface area contributed by atoms with Crippen molar-refractivity contribution in [2.24, 2.45) is 0 Å². The molecule has 1 heterocycles. The number of aryl methyl sites for hydroxylation is 1. The highest BCUT2D eigenvalue weighted by Crippen LogP contribution is 2.36. The zero-order chi connectivity index (χ0) is 17.1. The number of fused-ring (bicyclic) bond motifs is 1. The van der Waals surface area contributed by atoms with Crippen molar-refractivity contribution in [1.82, 2.24) is 0 Å². The lowest BCUT2D eigenvalue weighted by molar-refractivity contribution is 0.102. The minimum atomic E-state index is -0.260. The molecule has 0 saturated heterocycles. The molecule has 5 nitrogen and oxygen atoms in total. The van der Waals surface area contributed by atoms with Gasteiger partial charge in [-0.1, -0.05) is 15.9 Å². The van der Waals surface area contributed by atoms with Gasteiger partial charge in [0.15, 0.2) is 11.5 Å². The Labute approximate surface area is 149 Å². The molecule has 0 bridgehead atoms. The maximum Gasteiger partial charge on any atom is 0.259 e. The number of anilines is 1. The predicted octanol–water partition coefficient (Wildman–Crippen LogP) is 4.18. The number of ether oxygens (including phenoxy) is 3. The number of amides is 1. The summed E-state index contributed by atoms with van der Waals surface area (Å²) in [6.07, 6.45) is 0.802. The number of hydrogen-bond donors (Lipinski definition) is 1. The first kappa shape index (κ1) is 16.6. The van der Waals surface area contributed by atoms with Crippen molar-refractivity contribution in [2.75, 3.05) is 25.6 Å². The molecule has 3 rings (SSSR count). The Morgan fingerprint density at radius 2 is 1.88 bits per heavy atom. The first-order chi connectivity index (χ1) is 11.6. The molecular weight excluding hydrogens is 374 g/mol. The molecule has 1 aliphatic rings. The zero-order valence-electron chi connectivity index (χ0n) is 13.5. The number of halogens is 1. The Morgan fingerprint density at radius 3 is 2.54 bits per heavy atom. The first-order valence-corrected chi connectivity index (χ1v) is 8.43. The molecule has 0 radical (unpaired) electrons. The Bertz CT molecular complexity index is 776. The molecule has 0 aliphatic carbocycles. The van der Waals surface area contributed by atoms with Gasteiger partial charge in [0.25, 0.3) is 5.91 Å². The summed E-state index contributed by atoms with van der Waals surface area (Å²) in [7, 11) is 1.53. The van der Waals surface area contributed by atoms with Crippen LogP contribution in [-0.2, 0) is 0 Å². The Morgan fingerprint density at radius 1 is 1.17 bits per heavy atom. The summed E-state index contributed by atoms with van der Waals surface area (Å²) in [5.74, 6) is 1.35. The highest BCUT2D eigenvalue weighted by molar-refractivity contribution is 9.10. The number of carbonyl (C=O) groups is 1. The molecule has 0 atom stereocenters. The molecule has 0 fully saturated rings. The van der Waals surface area contributed by atoms with Gasteiger partial charge in [0.2, 0.25) is 0 Å². The van der Waals surface area contributed by atoms with Crippen molar-refractivity contribution < 1.29 is 19.0 Å². The van der Waals surface area contributed by atoms with E-state index in [1.165, 1.54) is 7.11 Å². The lowest BCUT2D eigenvalue weighted by Crippen LogP contribution is -2.13. The van der Waals surface area contributed by atoms with Crippen molar-refractivity contribution in [3.63, 3.8) is 0 Å². The molecule has 1 aliphatic heterocycles. The third-order valence-electron chi connectivity index (χ3n) is 3.73. The molecule has 0 saturated carbocycles. The lowest BCUT2D eigenvalue weighted by atomic mass is 10.1. The normalized spacial score (nSPS) is 13.1. The van der Waals surface area contributed by atoms with Gasteiger partial charge < -0.3 is 19.5 Å². The van der Waals surface area contributed by atoms with E-state index in [1.54, 1.807) is 12.1 Å². The van der Waals surface area contributed by atoms with E-state index in [0.29, 0.717) is 36.0 Å². The minimum Gasteiger partial charge on any atom is -0.496 e. The summed E-state index contributed by atoms with van der Waals surface area (Å²) in [5.41, 5.74) is 2.16. The number of nitrogens with one attached hydrogen (secondary N) is 1. The number of methoxy groups -OCH3 is 1. The van der Waals surface area contributed by atoms with Crippen molar-refractivity contribution >= 4 is 27.5 Å². The van der Waals surface area contributed by atoms with Crippen LogP contribution in [0.4, 0.5) is 5.69 Å². The first-order valence-electron chi connectivity index (χ1n) is 7.63. The van der Waals surface area contributed by atoms with Gasteiger partial charge in [-0.15, -0.1) is 0 Å². The molecule has 0 unspecified atom stereocenters. The average Bonchev–Trinajstić information content (AvgIpc) is 2.81. The standard InChI is InChI=1S/C18H18BrNO4/c1-11-8-12(4-5-14(11)19)20-18(21)13-9-16-17(10-15(13)22-2)24-7-3-6-23-16/h4-5,8-10H,3,6-7H2,1-2H3,(H,20,21). The molecule has 2 aromatic rings. The second-order valence-electron chi connectivity index (χ2n) is 5.47. The van der Waals surface area contributed by atoms with E-state index in [2.05, 4.69) is 21.2 Å². The molecule has 0 aromatic heterocycles. The molecule has 1 N–H and O–H groups in total. The Hall–Kier alpha value is -2.21. The van der Waals surface area contributed by atoms with E-state index >= 15 is 0 Å². The predicted molar refractivity (Wildman–Crippen MR) is 95.4 cm³/mol. The number of benzene rings is 2. The topological polar surface area (TPSA) is 56.8 Å². The van der Waals surface area contributed by atoms with Crippen LogP contribution in [0.1, 0.15) is 22.3 Å². The fourth-order valence-corrected chi connectivity index (χ4v) is 2.70. The molecule has 126 valence electrons. The van der Waals surface area contributed by atoms with Crippen molar-refractivity contribution in [3.05, 3.63) is 45.9 Å². The molecule has 0 spiro atoms. The van der Waals surface area contributed by atoms with Gasteiger partial charge >= 0.3 is 0 Å². The van der Waals surface area contributed by atoms with Crippen molar-refractivity contribution in [2.45, 2.75) is 13.3 Å². The Balaban J connectivity index is 1.90. The smallest absolute Gasteiger partial charge is 0.259 e. The quantitative estimate of drug-likeness (QED) is 0.852. The average molecular weight is 392 g/mol. The van der Waals surface area contributed by atoms with Crippen LogP contribution in [0.3, 0.4) is 0 Å². The van der Waals surface area contributed by atoms with Gasteiger partial charge in [0.05, 0.1) is 25.9 Å². The van der Waals surface area contributed by atoms with Gasteiger partial charge in [-0.05, 0) is 30.7 Å². The van der Waals surface area contributed by atoms with E-state index < -0.39 is 0 Å². The fourth-order valence-electron chi connectivity index (χ4n) is 2.46. The van der Waals surface area contributed by atoms with Crippen LogP contribution in [0.15, 0.2) is 34.8 Å². The monoisotopic (exact) mass is 391 g/mol. The van der Waals surface area contributed by atoms with Crippen LogP contribution in [0, 0.1) is 6.92 Å². The summed E-state index contributed by atoms with van der Waals surface area (Å²) in [6, 6.07) is 9.00. The van der Waals surface area contributed by atoms with E-state index in [0.717, 1.165) is 22.1 Å². The van der Waals surface area contributed by atoms with Gasteiger partial charge in [-0.2, -0.15) is 0 Å². The minimum absolute atomic E-state index is 0.260. The van der Waals surface area contributed by atoms with Crippen LogP contribution in [0.2, 0.25) is 0 Å². The van der Waals surface area contributed by atoms with Crippen molar-refractivity contribution in [3.8, 4) is 17.2 Å². The molecule has 24 heavy (non-hydrogen) atoms. The number of hydrogen-bond acceptors (Lipinski definition) is 4. The zero-order valence-corrected chi connectivity index (χ0v) is 15.1. The van der Waals surface area contributed by atoms with E-state index in [9.17, 15) is 4.79 Å². The third kappa shape index (κ3) is 3.48. The van der Waals surface area contributed by atoms with Crippen LogP contribution < -0.4 is 19.5 Å². The molecule has 6 heteroatoms. The highest BCUT2D eigenvalue weighted by Gasteiger charge is 2.20. The largest absolute Gasteiger partial charge is 0.496 e. The third-order valence-corrected chi connectivity index (χ3v) is 4.62. The van der Waals surface area contributed by atoms with Crippen molar-refractivity contribution in [1.29, 1.82) is 0 Å². The molecule has 1 amide bonds. The van der Waals surface area contributed by atoms with E-state index in [4.69, 9.17) is 14.2 Å². The molecule has 2 aromatic carbocycles. The second kappa shape index (κ2) is 7.13. The van der Waals surface area contributed by atoms with Crippen LogP contribution in [-0.4, -0.2) is 26.2 Å². The van der Waals surface area contributed by atoms with Gasteiger partial charge in [-0.3, -0.25) is 4.79 Å². The summed E-state index contributed by atoms with van der Waals surface area (Å²) in [4.78, 5) is 12.7. The van der Waals surface area contributed by atoms with Crippen LogP contribution in [0.25, 0.3) is 0 Å². The maximum absolute atomic E-state index is 12.7. The second-order valence-corrected chi connectivity index (χ2v) is 6.32. The van der Waals surface area contributed by atoms with Gasteiger partial charge in [0.1, 0.15) is 5.75 Å². The van der Waals surface area contributed by atoms with E-state index in [1.807, 2.05) is 25.1 Å². The SMILES string of the molecule is COc1cc2c(cc1C(=O)Nc1ccc(Br)c(C)c1)OCCCO2. The highest BCUT2D eigenvalue weighted by atomic mass is 79.9. The van der Waals surface area contributed by atoms with Crippen LogP contribution >= 0.6 is 15.9 Å². The summed E-state index contributed by atoms with van der Waals surface area (Å²) < 4.78 is 17.6. The summed E-state index contributed by atoms with van der Waals surface area (Å²) >= 11 is 3.45. The summed E-state index contributed by atoms with van der Waals surface area (Å²) in [5, 5.41) is 2.89. The Kier molecular flexibility index (Phi) is 4.94. The fraction of sp³-hybridized carbons (Fsp3) is 0.278. The van der Waals surface area contributed by atoms with Crippen LogP contribution in [0.5, 0.6) is 17.2 Å². The maximum atomic E-state index is 12.7. The van der Waals surface area contributed by atoms with Gasteiger partial charge in [0, 0.05) is 28.7 Å².